The zero-order valence-electron chi connectivity index (χ0n) is 15.8. The molecule has 5 heteroatoms. The lowest BCUT2D eigenvalue weighted by molar-refractivity contribution is 0.340. The van der Waals surface area contributed by atoms with Gasteiger partial charge in [-0.1, -0.05) is 12.1 Å². The largest absolute Gasteiger partial charge is 0.494 e. The van der Waals surface area contributed by atoms with Crippen molar-refractivity contribution in [2.75, 3.05) is 19.7 Å². The molecule has 2 fully saturated rings. The molecule has 5 rings (SSSR count). The Balaban J connectivity index is 0.000000304. The molecule has 2 saturated heterocycles. The van der Waals surface area contributed by atoms with Crippen LogP contribution >= 0.6 is 0 Å². The Labute approximate surface area is 159 Å². The van der Waals surface area contributed by atoms with Crippen molar-refractivity contribution in [2.45, 2.75) is 26.3 Å². The zero-order valence-corrected chi connectivity index (χ0v) is 15.8. The first-order valence-electron chi connectivity index (χ1n) is 9.47. The second kappa shape index (κ2) is 7.45. The average molecular weight is 363 g/mol. The Morgan fingerprint density at radius 3 is 2.63 bits per heavy atom. The van der Waals surface area contributed by atoms with Crippen molar-refractivity contribution in [3.8, 4) is 11.6 Å². The summed E-state index contributed by atoms with van der Waals surface area (Å²) in [6.45, 7) is 7.42. The van der Waals surface area contributed by atoms with Crippen LogP contribution in [-0.4, -0.2) is 46.9 Å². The summed E-state index contributed by atoms with van der Waals surface area (Å²) in [5.74, 6) is 0.964. The van der Waals surface area contributed by atoms with Crippen molar-refractivity contribution in [2.24, 2.45) is 4.99 Å². The predicted octanol–water partition coefficient (Wildman–Crippen LogP) is 4.41. The van der Waals surface area contributed by atoms with Crippen LogP contribution in [0.1, 0.15) is 24.5 Å². The molecular weight excluding hydrogens is 338 g/mol. The van der Waals surface area contributed by atoms with E-state index in [1.54, 1.807) is 6.21 Å². The van der Waals surface area contributed by atoms with Gasteiger partial charge in [0.2, 0.25) is 0 Å². The number of aromatic nitrogens is 1. The summed E-state index contributed by atoms with van der Waals surface area (Å²) in [6, 6.07) is 14.5. The van der Waals surface area contributed by atoms with Crippen molar-refractivity contribution in [1.82, 2.24) is 9.88 Å². The average Bonchev–Trinajstić information content (AvgIpc) is 3.09. The molecule has 2 aliphatic rings. The van der Waals surface area contributed by atoms with Crippen LogP contribution in [0.3, 0.4) is 0 Å². The fraction of sp³-hybridized carbons (Fsp3) is 0.318. The fourth-order valence-corrected chi connectivity index (χ4v) is 3.40. The summed E-state index contributed by atoms with van der Waals surface area (Å²) in [5, 5.41) is 11.1. The van der Waals surface area contributed by atoms with E-state index in [0.29, 0.717) is 12.2 Å². The van der Waals surface area contributed by atoms with Crippen molar-refractivity contribution >= 4 is 22.8 Å². The first-order valence-corrected chi connectivity index (χ1v) is 9.47. The molecule has 1 aromatic heterocycles. The summed E-state index contributed by atoms with van der Waals surface area (Å²) in [5.41, 5.74) is 3.53. The summed E-state index contributed by atoms with van der Waals surface area (Å²) < 4.78 is 5.41. The van der Waals surface area contributed by atoms with E-state index in [1.165, 1.54) is 19.5 Å². The minimum Gasteiger partial charge on any atom is -0.494 e. The van der Waals surface area contributed by atoms with Crippen molar-refractivity contribution in [3.05, 3.63) is 53.6 Å². The normalized spacial score (nSPS) is 19.9. The van der Waals surface area contributed by atoms with Crippen LogP contribution in [0, 0.1) is 6.92 Å². The molecule has 0 aliphatic carbocycles. The van der Waals surface area contributed by atoms with E-state index in [9.17, 15) is 5.11 Å². The molecule has 3 aromatic rings. The third-order valence-electron chi connectivity index (χ3n) is 5.12. The zero-order chi connectivity index (χ0) is 18.8. The van der Waals surface area contributed by atoms with Gasteiger partial charge >= 0.3 is 0 Å². The topological polar surface area (TPSA) is 60.6 Å². The van der Waals surface area contributed by atoms with Crippen molar-refractivity contribution in [1.29, 1.82) is 0 Å². The lowest BCUT2D eigenvalue weighted by atomic mass is 10.1. The van der Waals surface area contributed by atoms with Crippen LogP contribution in [0.15, 0.2) is 47.5 Å². The minimum absolute atomic E-state index is 0.138. The third kappa shape index (κ3) is 3.83. The minimum atomic E-state index is 0.138. The predicted molar refractivity (Wildman–Crippen MR) is 110 cm³/mol. The number of nitrogens with one attached hydrogen (secondary N) is 1. The van der Waals surface area contributed by atoms with Gasteiger partial charge in [0.25, 0.3) is 0 Å². The smallest absolute Gasteiger partial charge is 0.198 e. The lowest BCUT2D eigenvalue weighted by Crippen LogP contribution is -2.16. The van der Waals surface area contributed by atoms with Gasteiger partial charge in [0, 0.05) is 36.2 Å². The molecule has 0 amide bonds. The van der Waals surface area contributed by atoms with Gasteiger partial charge in [0.1, 0.15) is 5.75 Å². The molecule has 140 valence electrons. The number of ether oxygens (including phenoxy) is 1. The Hall–Kier alpha value is -2.79. The molecule has 2 N–H and O–H groups in total. The maximum atomic E-state index is 10.1. The molecule has 27 heavy (non-hydrogen) atoms. The number of aryl methyl sites for hydroxylation is 1. The lowest BCUT2D eigenvalue weighted by Gasteiger charge is -2.08. The highest BCUT2D eigenvalue weighted by Gasteiger charge is 2.41. The van der Waals surface area contributed by atoms with Gasteiger partial charge in [0.15, 0.2) is 5.88 Å². The molecule has 0 bridgehead atoms. The summed E-state index contributed by atoms with van der Waals surface area (Å²) in [4.78, 5) is 9.89. The highest BCUT2D eigenvalue weighted by atomic mass is 16.5. The molecule has 2 aromatic carbocycles. The van der Waals surface area contributed by atoms with Crippen LogP contribution in [-0.2, 0) is 0 Å². The van der Waals surface area contributed by atoms with Crippen LogP contribution in [0.5, 0.6) is 11.6 Å². The molecule has 2 unspecified atom stereocenters. The Morgan fingerprint density at radius 2 is 2.04 bits per heavy atom. The standard InChI is InChI=1S/C18H18N2O2.C4H7N/c1-3-22-14-9-7-13(8-10-14)19-11-15-17-12(2)5-4-6-16(17)20-18(15)21;1-2-5-3-4(1)5/h4-11,20-21H,3H2,1-2H3;4H,1-3H2. The number of hydrogen-bond donors (Lipinski definition) is 2. The van der Waals surface area contributed by atoms with Gasteiger partial charge in [-0.25, -0.2) is 0 Å². The van der Waals surface area contributed by atoms with Crippen LogP contribution < -0.4 is 4.74 Å². The number of fused-ring (bicyclic) bond motifs is 2. The van der Waals surface area contributed by atoms with Crippen LogP contribution in [0.2, 0.25) is 0 Å². The summed E-state index contributed by atoms with van der Waals surface area (Å²) in [7, 11) is 0. The van der Waals surface area contributed by atoms with Crippen LogP contribution in [0.4, 0.5) is 5.69 Å². The maximum absolute atomic E-state index is 10.1. The highest BCUT2D eigenvalue weighted by molar-refractivity contribution is 6.04. The Morgan fingerprint density at radius 1 is 1.26 bits per heavy atom. The molecule has 3 heterocycles. The van der Waals surface area contributed by atoms with Gasteiger partial charge in [0.05, 0.1) is 17.9 Å². The van der Waals surface area contributed by atoms with Gasteiger partial charge < -0.3 is 14.8 Å². The number of aromatic amines is 1. The van der Waals surface area contributed by atoms with Crippen LogP contribution in [0.25, 0.3) is 10.9 Å². The molecule has 2 aliphatic heterocycles. The molecule has 0 saturated carbocycles. The summed E-state index contributed by atoms with van der Waals surface area (Å²) >= 11 is 0. The summed E-state index contributed by atoms with van der Waals surface area (Å²) in [6.07, 6.45) is 3.18. The van der Waals surface area contributed by atoms with Gasteiger partial charge in [-0.2, -0.15) is 0 Å². The number of nitrogens with zero attached hydrogens (tertiary/aromatic N) is 2. The first kappa shape index (κ1) is 17.6. The number of hydrogen-bond acceptors (Lipinski definition) is 4. The second-order valence-corrected chi connectivity index (χ2v) is 7.01. The van der Waals surface area contributed by atoms with Gasteiger partial charge in [-0.05, 0) is 56.2 Å². The van der Waals surface area contributed by atoms with E-state index in [2.05, 4.69) is 14.9 Å². The van der Waals surface area contributed by atoms with E-state index in [-0.39, 0.29) is 5.88 Å². The number of aliphatic imine (C=N–C) groups is 1. The van der Waals surface area contributed by atoms with E-state index in [0.717, 1.165) is 33.9 Å². The first-order chi connectivity index (χ1) is 13.2. The number of H-pyrrole nitrogens is 1. The SMILES string of the molecule is C1CN2CC12.CCOc1ccc(N=Cc2c(O)[nH]c3cccc(C)c23)cc1. The van der Waals surface area contributed by atoms with E-state index in [4.69, 9.17) is 4.74 Å². The monoisotopic (exact) mass is 363 g/mol. The third-order valence-corrected chi connectivity index (χ3v) is 5.12. The van der Waals surface area contributed by atoms with Gasteiger partial charge in [-0.15, -0.1) is 0 Å². The Kier molecular flexibility index (Phi) is 4.86. The number of benzene rings is 2. The maximum Gasteiger partial charge on any atom is 0.198 e. The quantitative estimate of drug-likeness (QED) is 0.533. The highest BCUT2D eigenvalue weighted by Crippen LogP contribution is 2.30. The molecule has 2 atom stereocenters. The Bertz CT molecular complexity index is 948. The molecule has 0 spiro atoms. The molecule has 5 nitrogen and oxygen atoms in total. The van der Waals surface area contributed by atoms with E-state index < -0.39 is 0 Å². The van der Waals surface area contributed by atoms with Crippen molar-refractivity contribution in [3.63, 3.8) is 0 Å². The molecular formula is C22H25N3O2. The van der Waals surface area contributed by atoms with Gasteiger partial charge in [-0.3, -0.25) is 9.89 Å². The van der Waals surface area contributed by atoms with E-state index >= 15 is 0 Å². The second-order valence-electron chi connectivity index (χ2n) is 7.01. The fourth-order valence-electron chi connectivity index (χ4n) is 3.40. The number of rotatable bonds is 4. The van der Waals surface area contributed by atoms with Crippen molar-refractivity contribution < 1.29 is 9.84 Å². The number of aromatic hydroxyl groups is 1. The van der Waals surface area contributed by atoms with E-state index in [1.807, 2.05) is 56.3 Å². The molecule has 0 radical (unpaired) electrons.